The van der Waals surface area contributed by atoms with Crippen molar-refractivity contribution in [2.24, 2.45) is 0 Å². The Labute approximate surface area is 176 Å². The van der Waals surface area contributed by atoms with Crippen molar-refractivity contribution >= 4 is 23.2 Å². The van der Waals surface area contributed by atoms with Crippen LogP contribution in [-0.4, -0.2) is 33.3 Å². The van der Waals surface area contributed by atoms with E-state index in [-0.39, 0.29) is 23.6 Å². The van der Waals surface area contributed by atoms with Gasteiger partial charge in [-0.3, -0.25) is 9.59 Å². The summed E-state index contributed by atoms with van der Waals surface area (Å²) in [6.45, 7) is 1.88. The predicted octanol–water partition coefficient (Wildman–Crippen LogP) is 4.57. The van der Waals surface area contributed by atoms with Crippen molar-refractivity contribution in [1.82, 2.24) is 15.2 Å². The molecule has 0 bridgehead atoms. The van der Waals surface area contributed by atoms with Crippen LogP contribution in [0.3, 0.4) is 0 Å². The van der Waals surface area contributed by atoms with E-state index in [0.717, 1.165) is 18.6 Å². The number of hydrogen-bond donors (Lipinski definition) is 1. The molecular weight excluding hydrogens is 415 g/mol. The molecule has 0 unspecified atom stereocenters. The number of alkyl halides is 3. The van der Waals surface area contributed by atoms with Gasteiger partial charge in [0.1, 0.15) is 5.69 Å². The van der Waals surface area contributed by atoms with Crippen molar-refractivity contribution in [2.45, 2.75) is 62.8 Å². The monoisotopic (exact) mass is 437 g/mol. The van der Waals surface area contributed by atoms with Gasteiger partial charge in [0.25, 0.3) is 5.91 Å². The third-order valence-electron chi connectivity index (χ3n) is 6.07. The molecule has 3 heterocycles. The van der Waals surface area contributed by atoms with E-state index >= 15 is 0 Å². The van der Waals surface area contributed by atoms with Crippen molar-refractivity contribution in [1.29, 1.82) is 0 Å². The first kappa shape index (κ1) is 20.8. The molecule has 3 atom stereocenters. The highest BCUT2D eigenvalue weighted by Gasteiger charge is 2.53. The zero-order chi connectivity index (χ0) is 21.5. The molecule has 2 fully saturated rings. The second-order valence-electron chi connectivity index (χ2n) is 8.16. The molecule has 2 aromatic rings. The number of halogens is 3. The number of amides is 2. The Kier molecular flexibility index (Phi) is 5.34. The van der Waals surface area contributed by atoms with Crippen LogP contribution in [0.1, 0.15) is 66.7 Å². The van der Waals surface area contributed by atoms with Crippen LogP contribution in [0.2, 0.25) is 0 Å². The van der Waals surface area contributed by atoms with Gasteiger partial charge in [-0.05, 0) is 43.9 Å². The molecule has 1 aromatic carbocycles. The fourth-order valence-corrected chi connectivity index (χ4v) is 5.22. The highest BCUT2D eigenvalue weighted by atomic mass is 32.1. The number of rotatable bonds is 2. The molecule has 0 radical (unpaired) electrons. The standard InChI is InChI=1S/C21H22F3N3O2S/c1-20-10-16(13-5-4-6-14(9-13)21(22,23)24)27(19(29)15-11-30-12-25-15)17(20)7-2-3-8-18(28)26-20/h4-6,9,11-12,16-17H,2-3,7-8,10H2,1H3,(H,26,28)/t16-,17-,20-/m0/s1. The Morgan fingerprint density at radius 1 is 1.33 bits per heavy atom. The summed E-state index contributed by atoms with van der Waals surface area (Å²) in [7, 11) is 0. The van der Waals surface area contributed by atoms with Crippen LogP contribution < -0.4 is 5.32 Å². The third-order valence-corrected chi connectivity index (χ3v) is 6.65. The summed E-state index contributed by atoms with van der Waals surface area (Å²) >= 11 is 1.29. The topological polar surface area (TPSA) is 62.3 Å². The van der Waals surface area contributed by atoms with Crippen LogP contribution in [0.4, 0.5) is 13.2 Å². The molecule has 2 aliphatic rings. The zero-order valence-electron chi connectivity index (χ0n) is 16.4. The van der Waals surface area contributed by atoms with E-state index in [1.165, 1.54) is 17.4 Å². The molecule has 5 nitrogen and oxygen atoms in total. The maximum atomic E-state index is 13.4. The molecule has 2 saturated heterocycles. The lowest BCUT2D eigenvalue weighted by Gasteiger charge is -2.38. The van der Waals surface area contributed by atoms with E-state index in [9.17, 15) is 22.8 Å². The fraction of sp³-hybridized carbons (Fsp3) is 0.476. The number of nitrogens with one attached hydrogen (secondary N) is 1. The lowest BCUT2D eigenvalue weighted by atomic mass is 9.85. The minimum atomic E-state index is -4.47. The molecule has 160 valence electrons. The number of nitrogens with zero attached hydrogens (tertiary/aromatic N) is 2. The maximum Gasteiger partial charge on any atom is 0.416 e. The molecular formula is C21H22F3N3O2S. The maximum absolute atomic E-state index is 13.4. The number of aromatic nitrogens is 1. The molecule has 2 aliphatic heterocycles. The summed E-state index contributed by atoms with van der Waals surface area (Å²) in [5.74, 6) is -0.407. The van der Waals surface area contributed by atoms with Crippen LogP contribution in [0, 0.1) is 0 Å². The van der Waals surface area contributed by atoms with Gasteiger partial charge < -0.3 is 10.2 Å². The summed E-state index contributed by atoms with van der Waals surface area (Å²) in [5.41, 5.74) is 0.772. The van der Waals surface area contributed by atoms with Crippen molar-refractivity contribution in [2.75, 3.05) is 0 Å². The van der Waals surface area contributed by atoms with Crippen LogP contribution in [0.5, 0.6) is 0 Å². The van der Waals surface area contributed by atoms with Gasteiger partial charge in [-0.2, -0.15) is 13.2 Å². The minimum Gasteiger partial charge on any atom is -0.349 e. The molecule has 1 aromatic heterocycles. The molecule has 2 amide bonds. The van der Waals surface area contributed by atoms with Crippen LogP contribution in [-0.2, 0) is 11.0 Å². The Bertz CT molecular complexity index is 947. The average Bonchev–Trinajstić information content (AvgIpc) is 3.30. The summed E-state index contributed by atoms with van der Waals surface area (Å²) in [6.07, 6.45) is -1.56. The molecule has 9 heteroatoms. The predicted molar refractivity (Wildman–Crippen MR) is 106 cm³/mol. The number of carbonyl (C=O) groups excluding carboxylic acids is 2. The SMILES string of the molecule is C[C@]12C[C@@H](c3cccc(C(F)(F)F)c3)N(C(=O)c3cscn3)[C@H]1CCCCC(=O)N2. The van der Waals surface area contributed by atoms with E-state index in [1.807, 2.05) is 6.92 Å². The Balaban J connectivity index is 1.79. The molecule has 4 rings (SSSR count). The molecule has 0 spiro atoms. The van der Waals surface area contributed by atoms with Crippen molar-refractivity contribution in [3.8, 4) is 0 Å². The molecule has 30 heavy (non-hydrogen) atoms. The smallest absolute Gasteiger partial charge is 0.349 e. The Morgan fingerprint density at radius 2 is 2.13 bits per heavy atom. The fourth-order valence-electron chi connectivity index (χ4n) is 4.69. The minimum absolute atomic E-state index is 0.0899. The zero-order valence-corrected chi connectivity index (χ0v) is 17.2. The van der Waals surface area contributed by atoms with Gasteiger partial charge in [-0.1, -0.05) is 18.6 Å². The molecule has 0 saturated carbocycles. The second-order valence-corrected chi connectivity index (χ2v) is 8.88. The van der Waals surface area contributed by atoms with Gasteiger partial charge in [0.15, 0.2) is 0 Å². The van der Waals surface area contributed by atoms with Gasteiger partial charge in [0, 0.05) is 11.8 Å². The Hall–Kier alpha value is -2.42. The number of fused-ring (bicyclic) bond motifs is 1. The van der Waals surface area contributed by atoms with Gasteiger partial charge in [-0.15, -0.1) is 11.3 Å². The van der Waals surface area contributed by atoms with E-state index < -0.39 is 23.3 Å². The number of carbonyl (C=O) groups is 2. The largest absolute Gasteiger partial charge is 0.416 e. The van der Waals surface area contributed by atoms with E-state index in [0.29, 0.717) is 31.2 Å². The number of thiazole rings is 1. The van der Waals surface area contributed by atoms with E-state index in [2.05, 4.69) is 10.3 Å². The van der Waals surface area contributed by atoms with Crippen molar-refractivity contribution < 1.29 is 22.8 Å². The van der Waals surface area contributed by atoms with Gasteiger partial charge >= 0.3 is 6.18 Å². The van der Waals surface area contributed by atoms with E-state index in [1.54, 1.807) is 21.9 Å². The number of hydrogen-bond acceptors (Lipinski definition) is 4. The highest BCUT2D eigenvalue weighted by molar-refractivity contribution is 7.07. The van der Waals surface area contributed by atoms with Crippen LogP contribution in [0.25, 0.3) is 0 Å². The number of benzene rings is 1. The summed E-state index contributed by atoms with van der Waals surface area (Å²) < 4.78 is 40.0. The quantitative estimate of drug-likeness (QED) is 0.749. The van der Waals surface area contributed by atoms with Gasteiger partial charge in [0.2, 0.25) is 5.91 Å². The first-order valence-electron chi connectivity index (χ1n) is 9.88. The summed E-state index contributed by atoms with van der Waals surface area (Å²) in [5, 5.41) is 4.70. The molecule has 0 aliphatic carbocycles. The van der Waals surface area contributed by atoms with Crippen molar-refractivity contribution in [3.05, 3.63) is 52.0 Å². The second kappa shape index (κ2) is 7.68. The third kappa shape index (κ3) is 3.82. The first-order valence-corrected chi connectivity index (χ1v) is 10.8. The summed E-state index contributed by atoms with van der Waals surface area (Å²) in [4.78, 5) is 31.5. The van der Waals surface area contributed by atoms with Gasteiger partial charge in [-0.25, -0.2) is 4.98 Å². The van der Waals surface area contributed by atoms with Crippen LogP contribution >= 0.6 is 11.3 Å². The van der Waals surface area contributed by atoms with Crippen molar-refractivity contribution in [3.63, 3.8) is 0 Å². The highest BCUT2D eigenvalue weighted by Crippen LogP contribution is 2.46. The lowest BCUT2D eigenvalue weighted by Crippen LogP contribution is -2.56. The lowest BCUT2D eigenvalue weighted by molar-refractivity contribution is -0.137. The number of likely N-dealkylation sites (tertiary alicyclic amines) is 1. The van der Waals surface area contributed by atoms with Crippen LogP contribution in [0.15, 0.2) is 35.2 Å². The average molecular weight is 437 g/mol. The first-order chi connectivity index (χ1) is 14.2. The van der Waals surface area contributed by atoms with E-state index in [4.69, 9.17) is 0 Å². The summed E-state index contributed by atoms with van der Waals surface area (Å²) in [6, 6.07) is 4.20. The molecule has 1 N–H and O–H groups in total. The van der Waals surface area contributed by atoms with Gasteiger partial charge in [0.05, 0.1) is 28.7 Å². The normalized spacial score (nSPS) is 27.2. The Morgan fingerprint density at radius 3 is 2.83 bits per heavy atom.